The second kappa shape index (κ2) is 8.67. The van der Waals surface area contributed by atoms with E-state index in [0.717, 1.165) is 12.1 Å². The van der Waals surface area contributed by atoms with Gasteiger partial charge in [0, 0.05) is 37.6 Å². The molecule has 1 atom stereocenters. The van der Waals surface area contributed by atoms with Crippen molar-refractivity contribution in [1.29, 1.82) is 0 Å². The van der Waals surface area contributed by atoms with Crippen LogP contribution in [0.2, 0.25) is 0 Å². The fourth-order valence-electron chi connectivity index (χ4n) is 2.07. The molecule has 6 N–H and O–H groups in total. The number of nitrogens with zero attached hydrogens (tertiary/aromatic N) is 1. The summed E-state index contributed by atoms with van der Waals surface area (Å²) >= 11 is 0. The number of anilines is 1. The van der Waals surface area contributed by atoms with Gasteiger partial charge in [0.05, 0.1) is 12.6 Å². The molecule has 0 spiro atoms. The third kappa shape index (κ3) is 5.44. The second-order valence-corrected chi connectivity index (χ2v) is 5.53. The van der Waals surface area contributed by atoms with Crippen molar-refractivity contribution < 1.29 is 24.5 Å². The number of rotatable bonds is 8. The third-order valence-corrected chi connectivity index (χ3v) is 3.46. The highest BCUT2D eigenvalue weighted by molar-refractivity contribution is 5.73. The number of ether oxygens (including phenoxy) is 1. The molecule has 0 bridgehead atoms. The Labute approximate surface area is 152 Å². The SMILES string of the molecule is N[C@@H](Cn1ccc(=O)c(OC(=O)CCNc2[nH]ccc(=O)c2O)c1)C(=O)O. The molecule has 0 saturated carbocycles. The summed E-state index contributed by atoms with van der Waals surface area (Å²) < 4.78 is 6.31. The molecule has 2 heterocycles. The van der Waals surface area contributed by atoms with Gasteiger partial charge in [-0.25, -0.2) is 0 Å². The lowest BCUT2D eigenvalue weighted by Gasteiger charge is -2.12. The van der Waals surface area contributed by atoms with E-state index in [4.69, 9.17) is 15.6 Å². The van der Waals surface area contributed by atoms with E-state index in [1.54, 1.807) is 0 Å². The number of H-pyrrole nitrogens is 1. The largest absolute Gasteiger partial charge is 0.502 e. The molecule has 0 aromatic carbocycles. The lowest BCUT2D eigenvalue weighted by molar-refractivity contribution is -0.139. The highest BCUT2D eigenvalue weighted by atomic mass is 16.5. The molecule has 2 rings (SSSR count). The number of carboxylic acid groups (broad SMARTS) is 1. The first-order valence-corrected chi connectivity index (χ1v) is 7.81. The summed E-state index contributed by atoms with van der Waals surface area (Å²) in [4.78, 5) is 48.3. The van der Waals surface area contributed by atoms with E-state index in [1.165, 1.54) is 23.2 Å². The zero-order chi connectivity index (χ0) is 20.0. The summed E-state index contributed by atoms with van der Waals surface area (Å²) in [7, 11) is 0. The number of carbonyl (C=O) groups is 2. The van der Waals surface area contributed by atoms with Crippen LogP contribution in [0.25, 0.3) is 0 Å². The van der Waals surface area contributed by atoms with Crippen LogP contribution in [0.1, 0.15) is 6.42 Å². The van der Waals surface area contributed by atoms with E-state index in [9.17, 15) is 24.3 Å². The summed E-state index contributed by atoms with van der Waals surface area (Å²) in [6, 6.07) is 1.09. The average molecular weight is 378 g/mol. The van der Waals surface area contributed by atoms with Crippen LogP contribution in [0.5, 0.6) is 11.5 Å². The van der Waals surface area contributed by atoms with Crippen molar-refractivity contribution in [2.24, 2.45) is 5.73 Å². The Balaban J connectivity index is 1.95. The van der Waals surface area contributed by atoms with Crippen LogP contribution in [0.4, 0.5) is 5.82 Å². The maximum atomic E-state index is 11.9. The van der Waals surface area contributed by atoms with Gasteiger partial charge in [0.15, 0.2) is 11.6 Å². The number of esters is 1. The summed E-state index contributed by atoms with van der Waals surface area (Å²) in [6.45, 7) is -0.0837. The first kappa shape index (κ1) is 19.7. The zero-order valence-corrected chi connectivity index (χ0v) is 14.0. The fourth-order valence-corrected chi connectivity index (χ4v) is 2.07. The van der Waals surface area contributed by atoms with Crippen LogP contribution in [0.3, 0.4) is 0 Å². The first-order chi connectivity index (χ1) is 12.8. The third-order valence-electron chi connectivity index (χ3n) is 3.46. The van der Waals surface area contributed by atoms with Gasteiger partial charge in [0.25, 0.3) is 0 Å². The molecule has 0 amide bonds. The number of aromatic nitrogens is 2. The van der Waals surface area contributed by atoms with Gasteiger partial charge in [0.2, 0.25) is 16.6 Å². The molecule has 0 aliphatic rings. The van der Waals surface area contributed by atoms with E-state index >= 15 is 0 Å². The standard InChI is InChI=1S/C16H18N4O7/c17-9(16(25)26)7-20-6-3-10(21)12(8-20)27-13(23)2-5-19-15-14(24)11(22)1-4-18-15/h1,3-4,6,8-9,24H,2,5,7,17H2,(H,25,26)(H2,18,19,22)/t9-/m0/s1. The van der Waals surface area contributed by atoms with Crippen molar-refractivity contribution in [2.45, 2.75) is 19.0 Å². The lowest BCUT2D eigenvalue weighted by atomic mass is 10.3. The number of carboxylic acids is 1. The summed E-state index contributed by atoms with van der Waals surface area (Å²) in [5.41, 5.74) is 4.29. The van der Waals surface area contributed by atoms with Crippen LogP contribution in [0.15, 0.2) is 40.3 Å². The highest BCUT2D eigenvalue weighted by Crippen LogP contribution is 2.13. The van der Waals surface area contributed by atoms with Gasteiger partial charge >= 0.3 is 11.9 Å². The molecule has 11 nitrogen and oxygen atoms in total. The first-order valence-electron chi connectivity index (χ1n) is 7.81. The maximum Gasteiger partial charge on any atom is 0.322 e. The molecule has 11 heteroatoms. The number of nitrogens with two attached hydrogens (primary N) is 1. The van der Waals surface area contributed by atoms with Gasteiger partial charge < -0.3 is 35.6 Å². The molecule has 0 radical (unpaired) electrons. The van der Waals surface area contributed by atoms with Crippen molar-refractivity contribution >= 4 is 17.8 Å². The minimum Gasteiger partial charge on any atom is -0.502 e. The van der Waals surface area contributed by atoms with Gasteiger partial charge in [-0.15, -0.1) is 0 Å². The molecule has 2 aromatic heterocycles. The van der Waals surface area contributed by atoms with Crippen LogP contribution in [-0.2, 0) is 16.1 Å². The van der Waals surface area contributed by atoms with E-state index in [1.807, 2.05) is 0 Å². The number of carbonyl (C=O) groups excluding carboxylic acids is 1. The zero-order valence-electron chi connectivity index (χ0n) is 14.0. The molecule has 144 valence electrons. The molecule has 27 heavy (non-hydrogen) atoms. The fraction of sp³-hybridized carbons (Fsp3) is 0.250. The minimum absolute atomic E-state index is 0.0251. The normalized spacial score (nSPS) is 11.6. The van der Waals surface area contributed by atoms with Gasteiger partial charge in [-0.3, -0.25) is 19.2 Å². The molecular weight excluding hydrogens is 360 g/mol. The van der Waals surface area contributed by atoms with Crippen molar-refractivity contribution in [2.75, 3.05) is 11.9 Å². The molecule has 0 saturated heterocycles. The predicted octanol–water partition coefficient (Wildman–Crippen LogP) is -0.938. The molecule has 0 aliphatic heterocycles. The van der Waals surface area contributed by atoms with Gasteiger partial charge in [-0.05, 0) is 0 Å². The van der Waals surface area contributed by atoms with Crippen molar-refractivity contribution in [3.8, 4) is 11.5 Å². The summed E-state index contributed by atoms with van der Waals surface area (Å²) in [6.07, 6.45) is 3.69. The molecule has 0 unspecified atom stereocenters. The Kier molecular flexibility index (Phi) is 6.33. The number of aliphatic carboxylic acids is 1. The average Bonchev–Trinajstić information content (AvgIpc) is 2.61. The number of aromatic hydroxyl groups is 1. The Morgan fingerprint density at radius 1 is 1.30 bits per heavy atom. The minimum atomic E-state index is -1.21. The predicted molar refractivity (Wildman–Crippen MR) is 93.8 cm³/mol. The van der Waals surface area contributed by atoms with E-state index in [2.05, 4.69) is 10.3 Å². The van der Waals surface area contributed by atoms with Crippen LogP contribution >= 0.6 is 0 Å². The van der Waals surface area contributed by atoms with Crippen LogP contribution in [0, 0.1) is 0 Å². The Morgan fingerprint density at radius 2 is 2.04 bits per heavy atom. The monoisotopic (exact) mass is 378 g/mol. The number of nitrogens with one attached hydrogen (secondary N) is 2. The van der Waals surface area contributed by atoms with Gasteiger partial charge in [-0.1, -0.05) is 0 Å². The Morgan fingerprint density at radius 3 is 2.74 bits per heavy atom. The number of hydrogen-bond acceptors (Lipinski definition) is 8. The topological polar surface area (TPSA) is 177 Å². The number of aromatic amines is 1. The molecule has 2 aromatic rings. The van der Waals surface area contributed by atoms with Crippen molar-refractivity contribution in [3.63, 3.8) is 0 Å². The van der Waals surface area contributed by atoms with Gasteiger partial charge in [0.1, 0.15) is 6.04 Å². The Bertz CT molecular complexity index is 950. The smallest absolute Gasteiger partial charge is 0.322 e. The van der Waals surface area contributed by atoms with Crippen LogP contribution < -0.4 is 26.6 Å². The summed E-state index contributed by atoms with van der Waals surface area (Å²) in [5, 5.41) is 21.0. The molecule has 0 aliphatic carbocycles. The quantitative estimate of drug-likeness (QED) is 0.363. The van der Waals surface area contributed by atoms with Crippen molar-refractivity contribution in [1.82, 2.24) is 9.55 Å². The van der Waals surface area contributed by atoms with E-state index in [0.29, 0.717) is 0 Å². The number of pyridine rings is 2. The molecular formula is C16H18N4O7. The Hall–Kier alpha value is -3.60. The van der Waals surface area contributed by atoms with Crippen molar-refractivity contribution in [3.05, 3.63) is 51.2 Å². The van der Waals surface area contributed by atoms with E-state index < -0.39 is 34.6 Å². The van der Waals surface area contributed by atoms with Crippen LogP contribution in [-0.4, -0.2) is 44.3 Å². The summed E-state index contributed by atoms with van der Waals surface area (Å²) in [5.74, 6) is -2.67. The van der Waals surface area contributed by atoms with E-state index in [-0.39, 0.29) is 31.1 Å². The van der Waals surface area contributed by atoms with Gasteiger partial charge in [-0.2, -0.15) is 0 Å². The maximum absolute atomic E-state index is 11.9. The second-order valence-electron chi connectivity index (χ2n) is 5.53. The molecule has 0 fully saturated rings. The highest BCUT2D eigenvalue weighted by Gasteiger charge is 2.14. The number of hydrogen-bond donors (Lipinski definition) is 5. The lowest BCUT2D eigenvalue weighted by Crippen LogP contribution is -2.34.